The van der Waals surface area contributed by atoms with Gasteiger partial charge in [-0.25, -0.2) is 0 Å². The van der Waals surface area contributed by atoms with Crippen LogP contribution in [0, 0.1) is 0 Å². The van der Waals surface area contributed by atoms with Gasteiger partial charge in [-0.2, -0.15) is 0 Å². The van der Waals surface area contributed by atoms with Crippen molar-refractivity contribution >= 4 is 33.9 Å². The van der Waals surface area contributed by atoms with Gasteiger partial charge in [0.05, 0.1) is 16.9 Å². The van der Waals surface area contributed by atoms with Crippen LogP contribution in [0.4, 0.5) is 11.4 Å². The molecule has 4 heteroatoms. The topological polar surface area (TPSA) is 42.2 Å². The van der Waals surface area contributed by atoms with Gasteiger partial charge in [-0.05, 0) is 35.9 Å². The minimum atomic E-state index is 0.704. The molecule has 2 aromatic carbocycles. The van der Waals surface area contributed by atoms with Gasteiger partial charge in [0.25, 0.3) is 0 Å². The van der Waals surface area contributed by atoms with Crippen LogP contribution >= 0.6 is 11.6 Å². The molecule has 21 heavy (non-hydrogen) atoms. The third-order valence-electron chi connectivity index (χ3n) is 3.58. The number of anilines is 2. The zero-order chi connectivity index (χ0) is 14.8. The molecule has 2 N–H and O–H groups in total. The number of benzene rings is 2. The Balaban J connectivity index is 1.97. The highest BCUT2D eigenvalue weighted by molar-refractivity contribution is 6.31. The van der Waals surface area contributed by atoms with Crippen molar-refractivity contribution in [2.75, 3.05) is 17.7 Å². The smallest absolute Gasteiger partial charge is 0.0724 e. The van der Waals surface area contributed by atoms with E-state index in [4.69, 9.17) is 17.3 Å². The van der Waals surface area contributed by atoms with Gasteiger partial charge in [-0.3, -0.25) is 4.98 Å². The predicted octanol–water partition coefficient (Wildman–Crippen LogP) is 4.11. The molecule has 0 aliphatic rings. The lowest BCUT2D eigenvalue weighted by atomic mass is 10.1. The first-order valence-corrected chi connectivity index (χ1v) is 7.12. The molecule has 0 spiro atoms. The number of nitrogens with two attached hydrogens (primary N) is 1. The minimum absolute atomic E-state index is 0.704. The molecular formula is C17H16ClN3. The van der Waals surface area contributed by atoms with Gasteiger partial charge in [-0.1, -0.05) is 29.8 Å². The van der Waals surface area contributed by atoms with Crippen molar-refractivity contribution < 1.29 is 0 Å². The second-order valence-corrected chi connectivity index (χ2v) is 5.42. The highest BCUT2D eigenvalue weighted by atomic mass is 35.5. The van der Waals surface area contributed by atoms with Gasteiger partial charge in [0, 0.05) is 30.2 Å². The Kier molecular flexibility index (Phi) is 3.67. The first kappa shape index (κ1) is 13.7. The Labute approximate surface area is 129 Å². The average molecular weight is 298 g/mol. The average Bonchev–Trinajstić information content (AvgIpc) is 2.50. The second-order valence-electron chi connectivity index (χ2n) is 5.02. The van der Waals surface area contributed by atoms with Crippen molar-refractivity contribution in [2.45, 2.75) is 6.54 Å². The molecule has 0 radical (unpaired) electrons. The maximum atomic E-state index is 6.30. The van der Waals surface area contributed by atoms with Gasteiger partial charge in [0.15, 0.2) is 0 Å². The molecule has 0 amide bonds. The van der Waals surface area contributed by atoms with Crippen LogP contribution in [-0.2, 0) is 6.54 Å². The summed E-state index contributed by atoms with van der Waals surface area (Å²) < 4.78 is 0. The fourth-order valence-corrected chi connectivity index (χ4v) is 2.66. The van der Waals surface area contributed by atoms with E-state index in [1.54, 1.807) is 6.20 Å². The Morgan fingerprint density at radius 1 is 1.10 bits per heavy atom. The molecular weight excluding hydrogens is 282 g/mol. The molecule has 0 bridgehead atoms. The Morgan fingerprint density at radius 3 is 2.71 bits per heavy atom. The van der Waals surface area contributed by atoms with E-state index in [1.165, 1.54) is 0 Å². The van der Waals surface area contributed by atoms with E-state index in [2.05, 4.69) is 9.88 Å². The van der Waals surface area contributed by atoms with E-state index >= 15 is 0 Å². The van der Waals surface area contributed by atoms with Crippen LogP contribution in [0.2, 0.25) is 5.02 Å². The summed E-state index contributed by atoms with van der Waals surface area (Å²) in [6.45, 7) is 0.704. The normalized spacial score (nSPS) is 10.8. The Bertz CT molecular complexity index is 786. The number of rotatable bonds is 3. The number of hydrogen-bond acceptors (Lipinski definition) is 3. The van der Waals surface area contributed by atoms with E-state index in [0.29, 0.717) is 6.54 Å². The molecule has 0 saturated carbocycles. The highest BCUT2D eigenvalue weighted by Crippen LogP contribution is 2.31. The molecule has 1 aromatic heterocycles. The Hall–Kier alpha value is -2.26. The van der Waals surface area contributed by atoms with E-state index in [1.807, 2.05) is 55.6 Å². The van der Waals surface area contributed by atoms with Crippen molar-refractivity contribution in [3.63, 3.8) is 0 Å². The highest BCUT2D eigenvalue weighted by Gasteiger charge is 2.10. The fraction of sp³-hybridized carbons (Fsp3) is 0.118. The van der Waals surface area contributed by atoms with Crippen LogP contribution in [0.5, 0.6) is 0 Å². The second kappa shape index (κ2) is 5.62. The molecule has 106 valence electrons. The third kappa shape index (κ3) is 2.65. The molecule has 0 unspecified atom stereocenters. The number of pyridine rings is 1. The molecule has 0 aliphatic carbocycles. The first-order chi connectivity index (χ1) is 10.2. The molecule has 3 nitrogen and oxygen atoms in total. The summed E-state index contributed by atoms with van der Waals surface area (Å²) in [5, 5.41) is 1.74. The molecule has 0 atom stereocenters. The number of nitrogen functional groups attached to an aromatic ring is 1. The lowest BCUT2D eigenvalue weighted by Gasteiger charge is -2.22. The van der Waals surface area contributed by atoms with Crippen LogP contribution in [0.15, 0.2) is 54.7 Å². The number of aromatic nitrogens is 1. The number of nitrogens with zero attached hydrogens (tertiary/aromatic N) is 2. The van der Waals surface area contributed by atoms with Gasteiger partial charge in [0.2, 0.25) is 0 Å². The van der Waals surface area contributed by atoms with Crippen molar-refractivity contribution in [3.8, 4) is 0 Å². The number of fused-ring (bicyclic) bond motifs is 1. The quantitative estimate of drug-likeness (QED) is 0.740. The minimum Gasteiger partial charge on any atom is -0.396 e. The van der Waals surface area contributed by atoms with Crippen LogP contribution in [0.3, 0.4) is 0 Å². The zero-order valence-electron chi connectivity index (χ0n) is 11.8. The van der Waals surface area contributed by atoms with E-state index in [-0.39, 0.29) is 0 Å². The summed E-state index contributed by atoms with van der Waals surface area (Å²) in [4.78, 5) is 6.42. The molecule has 3 aromatic rings. The molecule has 1 heterocycles. The SMILES string of the molecule is CN(Cc1ccccc1Cl)c1ccc2ncccc2c1N. The predicted molar refractivity (Wildman–Crippen MR) is 89.7 cm³/mol. The van der Waals surface area contributed by atoms with Gasteiger partial charge < -0.3 is 10.6 Å². The zero-order valence-corrected chi connectivity index (χ0v) is 12.5. The van der Waals surface area contributed by atoms with Gasteiger partial charge in [-0.15, -0.1) is 0 Å². The van der Waals surface area contributed by atoms with Crippen molar-refractivity contribution in [1.82, 2.24) is 4.98 Å². The summed E-state index contributed by atoms with van der Waals surface area (Å²) in [6, 6.07) is 15.7. The summed E-state index contributed by atoms with van der Waals surface area (Å²) >= 11 is 6.22. The fourth-order valence-electron chi connectivity index (χ4n) is 2.46. The van der Waals surface area contributed by atoms with E-state index in [9.17, 15) is 0 Å². The molecule has 0 aliphatic heterocycles. The van der Waals surface area contributed by atoms with Crippen LogP contribution in [0.25, 0.3) is 10.9 Å². The molecule has 3 rings (SSSR count). The maximum Gasteiger partial charge on any atom is 0.0724 e. The number of halogens is 1. The lowest BCUT2D eigenvalue weighted by molar-refractivity contribution is 0.926. The van der Waals surface area contributed by atoms with E-state index in [0.717, 1.165) is 32.9 Å². The molecule has 0 fully saturated rings. The summed E-state index contributed by atoms with van der Waals surface area (Å²) in [6.07, 6.45) is 1.77. The first-order valence-electron chi connectivity index (χ1n) is 6.74. The van der Waals surface area contributed by atoms with Crippen LogP contribution in [-0.4, -0.2) is 12.0 Å². The standard InChI is InChI=1S/C17H16ClN3/c1-21(11-12-5-2-3-7-14(12)18)16-9-8-15-13(17(16)19)6-4-10-20-15/h2-10H,11,19H2,1H3. The Morgan fingerprint density at radius 2 is 1.90 bits per heavy atom. The lowest BCUT2D eigenvalue weighted by Crippen LogP contribution is -2.18. The summed E-state index contributed by atoms with van der Waals surface area (Å²) in [5.41, 5.74) is 10.0. The van der Waals surface area contributed by atoms with Crippen LogP contribution < -0.4 is 10.6 Å². The van der Waals surface area contributed by atoms with Crippen LogP contribution in [0.1, 0.15) is 5.56 Å². The monoisotopic (exact) mass is 297 g/mol. The summed E-state index contributed by atoms with van der Waals surface area (Å²) in [5.74, 6) is 0. The van der Waals surface area contributed by atoms with E-state index < -0.39 is 0 Å². The van der Waals surface area contributed by atoms with Crippen molar-refractivity contribution in [3.05, 3.63) is 65.3 Å². The third-order valence-corrected chi connectivity index (χ3v) is 3.95. The van der Waals surface area contributed by atoms with Crippen molar-refractivity contribution in [2.24, 2.45) is 0 Å². The van der Waals surface area contributed by atoms with Crippen molar-refractivity contribution in [1.29, 1.82) is 0 Å². The summed E-state index contributed by atoms with van der Waals surface area (Å²) in [7, 11) is 2.01. The largest absolute Gasteiger partial charge is 0.396 e. The van der Waals surface area contributed by atoms with Gasteiger partial charge >= 0.3 is 0 Å². The van der Waals surface area contributed by atoms with Gasteiger partial charge in [0.1, 0.15) is 0 Å². The maximum absolute atomic E-state index is 6.30. The number of hydrogen-bond donors (Lipinski definition) is 1. The molecule has 0 saturated heterocycles.